The summed E-state index contributed by atoms with van der Waals surface area (Å²) in [6.45, 7) is 1.88. The van der Waals surface area contributed by atoms with Gasteiger partial charge in [0.2, 0.25) is 5.95 Å². The topological polar surface area (TPSA) is 323 Å². The zero-order valence-electron chi connectivity index (χ0n) is 30.3. The van der Waals surface area contributed by atoms with Crippen molar-refractivity contribution < 1.29 is 125 Å². The fourth-order valence-corrected chi connectivity index (χ4v) is 9.01. The van der Waals surface area contributed by atoms with E-state index in [-0.39, 0.29) is 87.7 Å². The van der Waals surface area contributed by atoms with E-state index in [1.165, 1.54) is 16.3 Å². The molecule has 0 saturated carbocycles. The monoisotopic (exact) mass is 858 g/mol. The Labute approximate surface area is 366 Å². The number of benzene rings is 1. The number of hydrogen-bond donors (Lipinski definition) is 5. The summed E-state index contributed by atoms with van der Waals surface area (Å²) >= 11 is 1.06. The van der Waals surface area contributed by atoms with Gasteiger partial charge in [-0.25, -0.2) is 14.3 Å². The Morgan fingerprint density at radius 2 is 1.66 bits per heavy atom. The van der Waals surface area contributed by atoms with Crippen LogP contribution in [0.5, 0.6) is 0 Å². The minimum absolute atomic E-state index is 0. The molecule has 56 heavy (non-hydrogen) atoms. The van der Waals surface area contributed by atoms with Gasteiger partial charge in [-0.1, -0.05) is 30.3 Å². The zero-order chi connectivity index (χ0) is 38.6. The van der Waals surface area contributed by atoms with Crippen molar-refractivity contribution in [1.82, 2.24) is 24.5 Å². The quantitative estimate of drug-likeness (QED) is 0.0582. The molecule has 6 heterocycles. The molecule has 0 bridgehead atoms. The SMILES string of the molecule is CC1(C)O[C@@H]2[C@H](O1)[C@@H](COP(=O)([O-])OP(=O)([O-])OC[C@H]1O[C@@H](n3cnc4c(N)nc(NCc5ccccc5)nc43)[C@H](O)[C@@H]1O)O[C@H]2c1nc(C(N)=O)cs1.[Na+].[Na+]. The molecule has 3 saturated heterocycles. The third-order valence-electron chi connectivity index (χ3n) is 8.51. The van der Waals surface area contributed by atoms with Gasteiger partial charge in [0.05, 0.1) is 19.5 Å². The summed E-state index contributed by atoms with van der Waals surface area (Å²) in [6, 6.07) is 9.40. The standard InChI is InChI=1S/C29H36N8O14P2S.2Na/c1-29(2)49-20-16(47-22(21(20)50-29)26-34-14(11-54-26)24(31)40)10-46-53(43,44)51-52(41,42)45-9-15-18(38)19(39)27(48-15)37-12-33-17-23(30)35-28(36-25(17)37)32-8-13-6-4-3-5-7-13;;/h3-7,11-12,15-16,18-22,27,38-39H,8-10H2,1-2H3,(H2,31,40)(H,41,42)(H,43,44)(H3,30,32,35,36);;/q;2*+1/p-2/t15-,16-,18-,19-,20-,21-,22-,27-;;/m1../s1. The molecule has 0 radical (unpaired) electrons. The molecule has 7 rings (SSSR count). The van der Waals surface area contributed by atoms with E-state index in [0.717, 1.165) is 16.9 Å². The normalized spacial score (nSPS) is 28.8. The minimum Gasteiger partial charge on any atom is -0.756 e. The summed E-state index contributed by atoms with van der Waals surface area (Å²) in [5.74, 6) is -1.72. The number of anilines is 2. The number of carbonyl (C=O) groups is 1. The van der Waals surface area contributed by atoms with Crippen molar-refractivity contribution in [2.24, 2.45) is 5.73 Å². The summed E-state index contributed by atoms with van der Waals surface area (Å²) < 4.78 is 63.8. The number of fused-ring (bicyclic) bond motifs is 2. The van der Waals surface area contributed by atoms with Crippen LogP contribution in [0, 0.1) is 0 Å². The van der Waals surface area contributed by atoms with E-state index < -0.39 is 89.5 Å². The van der Waals surface area contributed by atoms with Gasteiger partial charge < -0.3 is 64.8 Å². The number of aromatic nitrogens is 5. The molecule has 3 aliphatic heterocycles. The first-order valence-electron chi connectivity index (χ1n) is 16.2. The third-order valence-corrected chi connectivity index (χ3v) is 12.0. The molecule has 3 aliphatic rings. The Kier molecular flexibility index (Phi) is 14.6. The Bertz CT molecular complexity index is 2120. The number of nitrogens with zero attached hydrogens (tertiary/aromatic N) is 5. The van der Waals surface area contributed by atoms with Crippen molar-refractivity contribution in [2.75, 3.05) is 24.3 Å². The number of primary amides is 1. The number of thiazole rings is 1. The van der Waals surface area contributed by atoms with Gasteiger partial charge in [0.15, 0.2) is 23.5 Å². The first-order chi connectivity index (χ1) is 25.5. The van der Waals surface area contributed by atoms with Gasteiger partial charge in [0.25, 0.3) is 21.6 Å². The van der Waals surface area contributed by atoms with Crippen LogP contribution in [0.15, 0.2) is 42.0 Å². The number of phosphoric acid groups is 2. The largest absolute Gasteiger partial charge is 1.00 e. The van der Waals surface area contributed by atoms with E-state index in [4.69, 9.17) is 39.5 Å². The van der Waals surface area contributed by atoms with Crippen LogP contribution in [0.2, 0.25) is 0 Å². The van der Waals surface area contributed by atoms with Crippen LogP contribution < -0.4 is 85.7 Å². The maximum Gasteiger partial charge on any atom is 1.00 e. The molecule has 27 heteroatoms. The Morgan fingerprint density at radius 3 is 2.32 bits per heavy atom. The van der Waals surface area contributed by atoms with Gasteiger partial charge in [0, 0.05) is 11.9 Å². The zero-order valence-corrected chi connectivity index (χ0v) is 36.9. The van der Waals surface area contributed by atoms with Crippen LogP contribution in [0.25, 0.3) is 11.2 Å². The summed E-state index contributed by atoms with van der Waals surface area (Å²) in [5, 5.41) is 26.3. The summed E-state index contributed by atoms with van der Waals surface area (Å²) in [7, 11) is -11.3. The van der Waals surface area contributed by atoms with Crippen LogP contribution in [0.1, 0.15) is 47.2 Å². The molecule has 0 spiro atoms. The van der Waals surface area contributed by atoms with Crippen LogP contribution in [0.3, 0.4) is 0 Å². The molecular formula is C29H34N8Na2O14P2S. The second-order valence-electron chi connectivity index (χ2n) is 12.8. The number of aliphatic hydroxyl groups excluding tert-OH is 2. The Hall–Kier alpha value is -1.51. The molecule has 1 aromatic carbocycles. The summed E-state index contributed by atoms with van der Waals surface area (Å²) in [6.07, 6.45) is -8.66. The molecule has 0 aliphatic carbocycles. The maximum atomic E-state index is 12.7. The minimum atomic E-state index is -5.69. The van der Waals surface area contributed by atoms with Gasteiger partial charge in [-0.2, -0.15) is 9.97 Å². The molecule has 22 nitrogen and oxygen atoms in total. The Balaban J connectivity index is 0.00000300. The van der Waals surface area contributed by atoms with Gasteiger partial charge in [-0.05, 0) is 19.4 Å². The van der Waals surface area contributed by atoms with Crippen molar-refractivity contribution >= 4 is 55.8 Å². The maximum absolute atomic E-state index is 12.7. The first kappa shape index (κ1) is 45.6. The van der Waals surface area contributed by atoms with E-state index in [2.05, 4.69) is 29.6 Å². The van der Waals surface area contributed by atoms with Crippen molar-refractivity contribution in [3.63, 3.8) is 0 Å². The molecular weight excluding hydrogens is 824 g/mol. The second kappa shape index (κ2) is 18.0. The molecule has 1 amide bonds. The average molecular weight is 859 g/mol. The molecule has 2 unspecified atom stereocenters. The van der Waals surface area contributed by atoms with E-state index >= 15 is 0 Å². The molecule has 4 aromatic rings. The Morgan fingerprint density at radius 1 is 1.00 bits per heavy atom. The van der Waals surface area contributed by atoms with E-state index in [0.29, 0.717) is 11.6 Å². The van der Waals surface area contributed by atoms with Crippen LogP contribution >= 0.6 is 27.0 Å². The predicted molar refractivity (Wildman–Crippen MR) is 180 cm³/mol. The predicted octanol–water partition coefficient (Wildman–Crippen LogP) is -6.15. The molecule has 292 valence electrons. The number of hydrogen-bond acceptors (Lipinski definition) is 21. The van der Waals surface area contributed by atoms with E-state index in [1.54, 1.807) is 13.8 Å². The smallest absolute Gasteiger partial charge is 0.756 e. The van der Waals surface area contributed by atoms with Gasteiger partial charge in [-0.15, -0.1) is 11.3 Å². The molecule has 10 atom stereocenters. The van der Waals surface area contributed by atoms with Crippen molar-refractivity contribution in [3.8, 4) is 0 Å². The van der Waals surface area contributed by atoms with Crippen LogP contribution in [-0.4, -0.2) is 96.2 Å². The number of rotatable bonds is 14. The fourth-order valence-electron chi connectivity index (χ4n) is 6.12. The van der Waals surface area contributed by atoms with Gasteiger partial charge in [0.1, 0.15) is 58.9 Å². The van der Waals surface area contributed by atoms with Crippen molar-refractivity contribution in [2.45, 2.75) is 75.1 Å². The van der Waals surface area contributed by atoms with Crippen molar-refractivity contribution in [1.29, 1.82) is 0 Å². The van der Waals surface area contributed by atoms with Gasteiger partial charge in [-0.3, -0.25) is 18.5 Å². The van der Waals surface area contributed by atoms with Crippen LogP contribution in [0.4, 0.5) is 11.8 Å². The van der Waals surface area contributed by atoms with Gasteiger partial charge >= 0.3 is 59.1 Å². The number of ether oxygens (including phenoxy) is 4. The van der Waals surface area contributed by atoms with Crippen LogP contribution in [-0.2, 0) is 48.0 Å². The number of nitrogens with two attached hydrogens (primary N) is 2. The van der Waals surface area contributed by atoms with Crippen molar-refractivity contribution in [3.05, 3.63) is 58.3 Å². The number of nitrogens with one attached hydrogen (secondary N) is 1. The van der Waals surface area contributed by atoms with E-state index in [9.17, 15) is 33.9 Å². The number of phosphoric ester groups is 2. The first-order valence-corrected chi connectivity index (χ1v) is 20.0. The van der Waals surface area contributed by atoms with E-state index in [1.807, 2.05) is 30.3 Å². The summed E-state index contributed by atoms with van der Waals surface area (Å²) in [4.78, 5) is 53.8. The molecule has 3 fully saturated rings. The molecule has 3 aromatic heterocycles. The second-order valence-corrected chi connectivity index (χ2v) is 16.7. The summed E-state index contributed by atoms with van der Waals surface area (Å²) in [5.41, 5.74) is 12.6. The number of imidazole rings is 1. The number of nitrogen functional groups attached to an aromatic ring is 1. The number of amides is 1. The number of carbonyl (C=O) groups excluding carboxylic acids is 1. The average Bonchev–Trinajstić information content (AvgIpc) is 3.92. The fraction of sp³-hybridized carbons (Fsp3) is 0.483. The third kappa shape index (κ3) is 10.1. The number of aliphatic hydroxyl groups is 2. The molecule has 7 N–H and O–H groups in total.